The lowest BCUT2D eigenvalue weighted by atomic mass is 10.1. The van der Waals surface area contributed by atoms with Crippen molar-refractivity contribution in [3.8, 4) is 11.5 Å². The molecule has 2 N–H and O–H groups in total. The highest BCUT2D eigenvalue weighted by molar-refractivity contribution is 6.53. The predicted octanol–water partition coefficient (Wildman–Crippen LogP) is 5.73. The maximum Gasteiger partial charge on any atom is 0.283 e. The van der Waals surface area contributed by atoms with Crippen molar-refractivity contribution in [3.05, 3.63) is 88.6 Å². The van der Waals surface area contributed by atoms with Gasteiger partial charge in [-0.05, 0) is 60.9 Å². The van der Waals surface area contributed by atoms with Crippen molar-refractivity contribution >= 4 is 46.4 Å². The van der Waals surface area contributed by atoms with Crippen LogP contribution < -0.4 is 25.0 Å². The number of rotatable bonds is 10. The van der Waals surface area contributed by atoms with Gasteiger partial charge in [-0.1, -0.05) is 43.1 Å². The Kier molecular flexibility index (Phi) is 8.33. The molecule has 0 radical (unpaired) electrons. The van der Waals surface area contributed by atoms with Crippen LogP contribution in [0, 0.1) is 0 Å². The average Bonchev–Trinajstić information content (AvgIpc) is 3.15. The zero-order valence-electron chi connectivity index (χ0n) is 21.3. The zero-order chi connectivity index (χ0) is 27.2. The second-order valence-corrected chi connectivity index (χ2v) is 9.01. The van der Waals surface area contributed by atoms with Gasteiger partial charge in [0, 0.05) is 23.0 Å². The molecule has 0 unspecified atom stereocenters. The van der Waals surface area contributed by atoms with E-state index in [9.17, 15) is 14.4 Å². The van der Waals surface area contributed by atoms with E-state index in [1.165, 1.54) is 25.8 Å². The molecule has 0 aromatic heterocycles. The van der Waals surface area contributed by atoms with E-state index in [2.05, 4.69) is 17.6 Å². The van der Waals surface area contributed by atoms with Crippen molar-refractivity contribution in [1.82, 2.24) is 0 Å². The van der Waals surface area contributed by atoms with Gasteiger partial charge in [0.2, 0.25) is 0 Å². The number of nitrogens with one attached hydrogen (secondary N) is 2. The smallest absolute Gasteiger partial charge is 0.283 e. The molecule has 0 aliphatic carbocycles. The Labute approximate surface area is 226 Å². The van der Waals surface area contributed by atoms with Crippen molar-refractivity contribution in [3.63, 3.8) is 0 Å². The maximum absolute atomic E-state index is 13.3. The van der Waals surface area contributed by atoms with Crippen LogP contribution >= 0.6 is 11.6 Å². The molecule has 196 valence electrons. The first-order valence-electron chi connectivity index (χ1n) is 12.1. The molecule has 3 aromatic carbocycles. The van der Waals surface area contributed by atoms with Gasteiger partial charge in [0.25, 0.3) is 17.7 Å². The number of hydrogen-bond donors (Lipinski definition) is 2. The van der Waals surface area contributed by atoms with Gasteiger partial charge < -0.3 is 20.1 Å². The Hall–Kier alpha value is -4.30. The number of aryl methyl sites for hydroxylation is 1. The summed E-state index contributed by atoms with van der Waals surface area (Å²) in [5.41, 5.74) is 2.77. The molecule has 0 spiro atoms. The highest BCUT2D eigenvalue weighted by Crippen LogP contribution is 2.38. The normalized spacial score (nSPS) is 13.1. The lowest BCUT2D eigenvalue weighted by molar-refractivity contribution is -0.120. The van der Waals surface area contributed by atoms with Crippen LogP contribution in [0.1, 0.15) is 35.7 Å². The van der Waals surface area contributed by atoms with Crippen LogP contribution in [-0.2, 0) is 16.0 Å². The first-order valence-corrected chi connectivity index (χ1v) is 12.5. The van der Waals surface area contributed by atoms with Gasteiger partial charge in [-0.2, -0.15) is 0 Å². The summed E-state index contributed by atoms with van der Waals surface area (Å²) in [6.07, 6.45) is 3.24. The van der Waals surface area contributed by atoms with Gasteiger partial charge in [-0.25, -0.2) is 4.90 Å². The molecule has 0 saturated heterocycles. The second kappa shape index (κ2) is 11.8. The van der Waals surface area contributed by atoms with Crippen molar-refractivity contribution < 1.29 is 23.9 Å². The van der Waals surface area contributed by atoms with Gasteiger partial charge in [0.1, 0.15) is 22.2 Å². The standard InChI is InChI=1S/C29H28ClN3O5/c1-4-5-7-18-10-12-20(13-11-18)32-27(34)19-8-6-9-21(16-19)31-26-25(30)28(35)33(29(26)36)23-17-22(37-2)14-15-24(23)38-3/h6,8-17,31H,4-5,7H2,1-3H3,(H,32,34). The lowest BCUT2D eigenvalue weighted by Crippen LogP contribution is -2.32. The number of carbonyl (C=O) groups excluding carboxylic acids is 3. The van der Waals surface area contributed by atoms with E-state index >= 15 is 0 Å². The molecular weight excluding hydrogens is 506 g/mol. The molecule has 1 aliphatic rings. The molecule has 0 bridgehead atoms. The molecule has 1 heterocycles. The maximum atomic E-state index is 13.3. The summed E-state index contributed by atoms with van der Waals surface area (Å²) in [7, 11) is 2.91. The number of methoxy groups -OCH3 is 2. The monoisotopic (exact) mass is 533 g/mol. The fourth-order valence-electron chi connectivity index (χ4n) is 4.02. The Morgan fingerprint density at radius 3 is 2.37 bits per heavy atom. The molecule has 8 nitrogen and oxygen atoms in total. The number of unbranched alkanes of at least 4 members (excludes halogenated alkanes) is 1. The average molecular weight is 534 g/mol. The van der Waals surface area contributed by atoms with E-state index < -0.39 is 11.8 Å². The molecule has 1 aliphatic heterocycles. The number of carbonyl (C=O) groups is 3. The van der Waals surface area contributed by atoms with E-state index in [1.54, 1.807) is 36.4 Å². The van der Waals surface area contributed by atoms with Gasteiger partial charge >= 0.3 is 0 Å². The molecule has 3 aromatic rings. The van der Waals surface area contributed by atoms with Crippen LogP contribution in [0.5, 0.6) is 11.5 Å². The lowest BCUT2D eigenvalue weighted by Gasteiger charge is -2.19. The third-order valence-corrected chi connectivity index (χ3v) is 6.43. The van der Waals surface area contributed by atoms with Gasteiger partial charge in [0.05, 0.1) is 19.9 Å². The Morgan fingerprint density at radius 1 is 0.921 bits per heavy atom. The molecule has 38 heavy (non-hydrogen) atoms. The fourth-order valence-corrected chi connectivity index (χ4v) is 4.24. The van der Waals surface area contributed by atoms with Gasteiger partial charge in [-0.15, -0.1) is 0 Å². The summed E-state index contributed by atoms with van der Waals surface area (Å²) in [4.78, 5) is 40.0. The number of benzene rings is 3. The number of halogens is 1. The Bertz CT molecular complexity index is 1400. The number of ether oxygens (including phenoxy) is 2. The molecule has 4 rings (SSSR count). The van der Waals surface area contributed by atoms with Gasteiger partial charge in [-0.3, -0.25) is 14.4 Å². The quantitative estimate of drug-likeness (QED) is 0.323. The predicted molar refractivity (Wildman–Crippen MR) is 148 cm³/mol. The summed E-state index contributed by atoms with van der Waals surface area (Å²) < 4.78 is 10.6. The SMILES string of the molecule is CCCCc1ccc(NC(=O)c2cccc(NC3=C(Cl)C(=O)N(c4cc(OC)ccc4OC)C3=O)c2)cc1. The van der Waals surface area contributed by atoms with E-state index in [-0.39, 0.29) is 22.3 Å². The van der Waals surface area contributed by atoms with E-state index in [0.717, 1.165) is 24.2 Å². The third kappa shape index (κ3) is 5.65. The minimum absolute atomic E-state index is 0.109. The van der Waals surface area contributed by atoms with E-state index in [1.807, 2.05) is 24.3 Å². The van der Waals surface area contributed by atoms with Crippen molar-refractivity contribution in [2.75, 3.05) is 29.8 Å². The molecule has 0 fully saturated rings. The van der Waals surface area contributed by atoms with Crippen molar-refractivity contribution in [2.45, 2.75) is 26.2 Å². The number of anilines is 3. The number of amides is 3. The first kappa shape index (κ1) is 26.8. The largest absolute Gasteiger partial charge is 0.497 e. The fraction of sp³-hybridized carbons (Fsp3) is 0.207. The summed E-state index contributed by atoms with van der Waals surface area (Å²) in [5.74, 6) is -0.943. The molecule has 0 atom stereocenters. The van der Waals surface area contributed by atoms with Crippen LogP contribution in [0.25, 0.3) is 0 Å². The van der Waals surface area contributed by atoms with Crippen LogP contribution in [0.3, 0.4) is 0 Å². The Balaban J connectivity index is 1.51. The first-order chi connectivity index (χ1) is 18.4. The summed E-state index contributed by atoms with van der Waals surface area (Å²) in [6.45, 7) is 2.15. The topological polar surface area (TPSA) is 97.0 Å². The van der Waals surface area contributed by atoms with Crippen LogP contribution in [0.4, 0.5) is 17.1 Å². The molecule has 0 saturated carbocycles. The molecule has 9 heteroatoms. The zero-order valence-corrected chi connectivity index (χ0v) is 22.1. The summed E-state index contributed by atoms with van der Waals surface area (Å²) >= 11 is 6.30. The highest BCUT2D eigenvalue weighted by Gasteiger charge is 2.40. The number of imide groups is 1. The minimum Gasteiger partial charge on any atom is -0.497 e. The van der Waals surface area contributed by atoms with E-state index in [0.29, 0.717) is 28.4 Å². The van der Waals surface area contributed by atoms with Crippen molar-refractivity contribution in [2.24, 2.45) is 0 Å². The number of nitrogens with zero attached hydrogens (tertiary/aromatic N) is 1. The number of hydrogen-bond acceptors (Lipinski definition) is 6. The third-order valence-electron chi connectivity index (χ3n) is 6.08. The summed E-state index contributed by atoms with van der Waals surface area (Å²) in [5, 5.41) is 5.51. The minimum atomic E-state index is -0.706. The summed E-state index contributed by atoms with van der Waals surface area (Å²) in [6, 6.07) is 19.1. The Morgan fingerprint density at radius 2 is 1.68 bits per heavy atom. The van der Waals surface area contributed by atoms with E-state index in [4.69, 9.17) is 21.1 Å². The van der Waals surface area contributed by atoms with Gasteiger partial charge in [0.15, 0.2) is 0 Å². The second-order valence-electron chi connectivity index (χ2n) is 8.63. The molecular formula is C29H28ClN3O5. The van der Waals surface area contributed by atoms with Crippen LogP contribution in [0.15, 0.2) is 77.5 Å². The molecule has 3 amide bonds. The van der Waals surface area contributed by atoms with Crippen molar-refractivity contribution in [1.29, 1.82) is 0 Å². The van der Waals surface area contributed by atoms with Crippen LogP contribution in [0.2, 0.25) is 0 Å². The van der Waals surface area contributed by atoms with Crippen LogP contribution in [-0.4, -0.2) is 31.9 Å². The highest BCUT2D eigenvalue weighted by atomic mass is 35.5.